The van der Waals surface area contributed by atoms with E-state index in [2.05, 4.69) is 24.2 Å². The van der Waals surface area contributed by atoms with Gasteiger partial charge in [0.2, 0.25) is 0 Å². The summed E-state index contributed by atoms with van der Waals surface area (Å²) in [6, 6.07) is 0.580. The lowest BCUT2D eigenvalue weighted by molar-refractivity contribution is -0.156. The van der Waals surface area contributed by atoms with Gasteiger partial charge in [-0.1, -0.05) is 0 Å². The van der Waals surface area contributed by atoms with Crippen molar-refractivity contribution in [2.24, 2.45) is 5.92 Å². The summed E-state index contributed by atoms with van der Waals surface area (Å²) in [6.07, 6.45) is 1.83. The molecule has 0 unspecified atom stereocenters. The van der Waals surface area contributed by atoms with Crippen LogP contribution >= 0.6 is 0 Å². The Bertz CT molecular complexity index is 187. The molecule has 0 radical (unpaired) electrons. The minimum absolute atomic E-state index is 0.0810. The molecule has 0 spiro atoms. The minimum Gasteiger partial charge on any atom is -0.371 e. The average molecular weight is 200 g/mol. The maximum Gasteiger partial charge on any atom is 0.327 e. The zero-order valence-corrected chi connectivity index (χ0v) is 9.25. The number of likely N-dealkylation sites (tertiary alicyclic amines) is 1. The van der Waals surface area contributed by atoms with E-state index in [0.717, 1.165) is 25.9 Å². The third-order valence-electron chi connectivity index (χ3n) is 2.80. The quantitative estimate of drug-likeness (QED) is 0.684. The van der Waals surface area contributed by atoms with E-state index in [9.17, 15) is 4.79 Å². The zero-order chi connectivity index (χ0) is 10.6. The molecular weight excluding hydrogens is 180 g/mol. The number of nitrogens with one attached hydrogen (secondary N) is 1. The number of carbonyl (C=O) groups is 1. The third kappa shape index (κ3) is 2.96. The molecule has 1 aliphatic heterocycles. The van der Waals surface area contributed by atoms with Crippen molar-refractivity contribution in [1.82, 2.24) is 10.4 Å². The Kier molecular flexibility index (Phi) is 4.35. The van der Waals surface area contributed by atoms with Crippen LogP contribution in [0.2, 0.25) is 0 Å². The van der Waals surface area contributed by atoms with Gasteiger partial charge in [0.1, 0.15) is 0 Å². The fourth-order valence-corrected chi connectivity index (χ4v) is 1.84. The maximum atomic E-state index is 11.4. The molecule has 1 rings (SSSR count). The number of rotatable bonds is 3. The van der Waals surface area contributed by atoms with E-state index in [-0.39, 0.29) is 11.9 Å². The lowest BCUT2D eigenvalue weighted by Gasteiger charge is -2.33. The summed E-state index contributed by atoms with van der Waals surface area (Å²) in [7, 11) is 1.61. The summed E-state index contributed by atoms with van der Waals surface area (Å²) in [6.45, 7) is 6.38. The van der Waals surface area contributed by atoms with Gasteiger partial charge in [0, 0.05) is 13.1 Å². The highest BCUT2D eigenvalue weighted by Gasteiger charge is 2.26. The second-order valence-electron chi connectivity index (χ2n) is 4.03. The second-order valence-corrected chi connectivity index (χ2v) is 4.03. The van der Waals surface area contributed by atoms with Crippen molar-refractivity contribution in [3.05, 3.63) is 0 Å². The van der Waals surface area contributed by atoms with Crippen molar-refractivity contribution < 1.29 is 9.63 Å². The average Bonchev–Trinajstić information content (AvgIpc) is 2.18. The van der Waals surface area contributed by atoms with Gasteiger partial charge in [0.15, 0.2) is 0 Å². The van der Waals surface area contributed by atoms with Crippen LogP contribution < -0.4 is 5.48 Å². The summed E-state index contributed by atoms with van der Waals surface area (Å²) in [4.78, 5) is 18.5. The molecule has 1 saturated heterocycles. The first-order chi connectivity index (χ1) is 6.65. The van der Waals surface area contributed by atoms with Crippen molar-refractivity contribution >= 4 is 5.97 Å². The molecule has 1 aliphatic rings. The molecule has 0 aliphatic carbocycles. The molecule has 4 heteroatoms. The predicted molar refractivity (Wildman–Crippen MR) is 54.6 cm³/mol. The van der Waals surface area contributed by atoms with Crippen LogP contribution in [0.1, 0.15) is 26.7 Å². The van der Waals surface area contributed by atoms with Crippen LogP contribution in [0.5, 0.6) is 0 Å². The molecule has 0 aromatic carbocycles. The topological polar surface area (TPSA) is 41.6 Å². The number of hydroxylamine groups is 1. The molecular formula is C10H20N2O2. The van der Waals surface area contributed by atoms with Crippen LogP contribution in [0.4, 0.5) is 0 Å². The number of hydrogen-bond acceptors (Lipinski definition) is 4. The molecule has 0 amide bonds. The molecule has 1 heterocycles. The maximum absolute atomic E-state index is 11.4. The van der Waals surface area contributed by atoms with E-state index < -0.39 is 0 Å². The molecule has 0 aromatic rings. The molecule has 4 nitrogen and oxygen atoms in total. The summed E-state index contributed by atoms with van der Waals surface area (Å²) in [5.74, 6) is -0.0339. The Morgan fingerprint density at radius 2 is 2.00 bits per heavy atom. The summed E-state index contributed by atoms with van der Waals surface area (Å²) in [5, 5.41) is 0. The monoisotopic (exact) mass is 200 g/mol. The van der Waals surface area contributed by atoms with Gasteiger partial charge in [-0.3, -0.25) is 4.79 Å². The minimum atomic E-state index is -0.115. The smallest absolute Gasteiger partial charge is 0.327 e. The van der Waals surface area contributed by atoms with Gasteiger partial charge in [-0.15, -0.1) is 0 Å². The number of nitrogens with zero attached hydrogens (tertiary/aromatic N) is 1. The highest BCUT2D eigenvalue weighted by molar-refractivity contribution is 5.72. The van der Waals surface area contributed by atoms with Gasteiger partial charge >= 0.3 is 5.97 Å². The first-order valence-electron chi connectivity index (χ1n) is 5.26. The molecule has 1 fully saturated rings. The molecule has 0 saturated carbocycles. The van der Waals surface area contributed by atoms with Gasteiger partial charge in [-0.05, 0) is 39.8 Å². The predicted octanol–water partition coefficient (Wildman–Crippen LogP) is 0.784. The van der Waals surface area contributed by atoms with Crippen molar-refractivity contribution in [3.63, 3.8) is 0 Å². The van der Waals surface area contributed by atoms with E-state index in [1.54, 1.807) is 7.05 Å². The van der Waals surface area contributed by atoms with Crippen LogP contribution in [-0.2, 0) is 9.63 Å². The molecule has 0 bridgehead atoms. The van der Waals surface area contributed by atoms with Crippen molar-refractivity contribution in [2.45, 2.75) is 32.7 Å². The van der Waals surface area contributed by atoms with Crippen molar-refractivity contribution in [1.29, 1.82) is 0 Å². The van der Waals surface area contributed by atoms with Crippen LogP contribution in [0.3, 0.4) is 0 Å². The van der Waals surface area contributed by atoms with Gasteiger partial charge in [0.25, 0.3) is 0 Å². The Hall–Kier alpha value is -0.610. The summed E-state index contributed by atoms with van der Waals surface area (Å²) >= 11 is 0. The van der Waals surface area contributed by atoms with E-state index in [0.29, 0.717) is 6.04 Å². The van der Waals surface area contributed by atoms with Gasteiger partial charge in [-0.2, -0.15) is 5.48 Å². The van der Waals surface area contributed by atoms with Crippen LogP contribution in [0, 0.1) is 5.92 Å². The molecule has 0 aromatic heterocycles. The van der Waals surface area contributed by atoms with E-state index in [1.165, 1.54) is 0 Å². The fourth-order valence-electron chi connectivity index (χ4n) is 1.84. The van der Waals surface area contributed by atoms with Crippen molar-refractivity contribution in [3.8, 4) is 0 Å². The van der Waals surface area contributed by atoms with Gasteiger partial charge in [-0.25, -0.2) is 0 Å². The zero-order valence-electron chi connectivity index (χ0n) is 9.25. The molecule has 1 N–H and O–H groups in total. The highest BCUT2D eigenvalue weighted by atomic mass is 16.7. The number of piperidine rings is 1. The molecule has 14 heavy (non-hydrogen) atoms. The van der Waals surface area contributed by atoms with Gasteiger partial charge < -0.3 is 9.74 Å². The van der Waals surface area contributed by atoms with E-state index in [4.69, 9.17) is 4.84 Å². The summed E-state index contributed by atoms with van der Waals surface area (Å²) < 4.78 is 0. The molecule has 82 valence electrons. The first-order valence-corrected chi connectivity index (χ1v) is 5.26. The second kappa shape index (κ2) is 5.32. The van der Waals surface area contributed by atoms with Crippen LogP contribution in [0.25, 0.3) is 0 Å². The largest absolute Gasteiger partial charge is 0.371 e. The van der Waals surface area contributed by atoms with Gasteiger partial charge in [0.05, 0.1) is 5.92 Å². The van der Waals surface area contributed by atoms with E-state index >= 15 is 0 Å². The summed E-state index contributed by atoms with van der Waals surface area (Å²) in [5.41, 5.74) is 2.44. The lowest BCUT2D eigenvalue weighted by Crippen LogP contribution is -2.41. The normalized spacial score (nSPS) is 20.0. The Labute approximate surface area is 85.6 Å². The fraction of sp³-hybridized carbons (Fsp3) is 0.900. The first kappa shape index (κ1) is 11.5. The standard InChI is InChI=1S/C10H20N2O2/c1-8(2)12-6-4-9(5-7-12)10(13)14-11-3/h8-9,11H,4-7H2,1-3H3. The van der Waals surface area contributed by atoms with E-state index in [1.807, 2.05) is 0 Å². The SMILES string of the molecule is CNOC(=O)C1CCN(C(C)C)CC1. The van der Waals surface area contributed by atoms with Crippen molar-refractivity contribution in [2.75, 3.05) is 20.1 Å². The van der Waals surface area contributed by atoms with Crippen LogP contribution in [-0.4, -0.2) is 37.0 Å². The highest BCUT2D eigenvalue weighted by Crippen LogP contribution is 2.19. The Morgan fingerprint density at radius 1 is 1.43 bits per heavy atom. The molecule has 0 atom stereocenters. The third-order valence-corrected chi connectivity index (χ3v) is 2.80. The Morgan fingerprint density at radius 3 is 2.43 bits per heavy atom. The van der Waals surface area contributed by atoms with Crippen LogP contribution in [0.15, 0.2) is 0 Å². The Balaban J connectivity index is 2.31. The number of carbonyl (C=O) groups excluding carboxylic acids is 1. The lowest BCUT2D eigenvalue weighted by atomic mass is 9.96. The number of hydrogen-bond donors (Lipinski definition) is 1.